The molecule has 2 N–H and O–H groups in total. The maximum absolute atomic E-state index is 11.9. The van der Waals surface area contributed by atoms with Crippen LogP contribution >= 0.6 is 0 Å². The van der Waals surface area contributed by atoms with Gasteiger partial charge in [-0.3, -0.25) is 4.79 Å². The topological polar surface area (TPSA) is 41.1 Å². The lowest BCUT2D eigenvalue weighted by Crippen LogP contribution is -2.24. The quantitative estimate of drug-likeness (QED) is 0.840. The minimum absolute atomic E-state index is 0.00643. The van der Waals surface area contributed by atoms with Gasteiger partial charge in [0, 0.05) is 28.6 Å². The highest BCUT2D eigenvalue weighted by Crippen LogP contribution is 2.28. The normalized spacial score (nSPS) is 21.4. The molecule has 104 valence electrons. The zero-order valence-electron chi connectivity index (χ0n) is 11.6. The Hall–Kier alpha value is -2.55. The molecule has 0 saturated heterocycles. The monoisotopic (exact) mass is 276 g/mol. The molecular weight excluding hydrogens is 260 g/mol. The summed E-state index contributed by atoms with van der Waals surface area (Å²) in [5, 5.41) is 6.51. The van der Waals surface area contributed by atoms with Gasteiger partial charge in [-0.05, 0) is 36.6 Å². The number of para-hydroxylation sites is 1. The average Bonchev–Trinajstić information content (AvgIpc) is 2.84. The fraction of sp³-hybridized carbons (Fsp3) is 0.167. The predicted molar refractivity (Wildman–Crippen MR) is 84.1 cm³/mol. The van der Waals surface area contributed by atoms with Crippen LogP contribution in [0.5, 0.6) is 0 Å². The van der Waals surface area contributed by atoms with E-state index in [1.807, 2.05) is 30.3 Å². The van der Waals surface area contributed by atoms with Crippen molar-refractivity contribution < 1.29 is 4.79 Å². The first-order valence-electron chi connectivity index (χ1n) is 7.28. The minimum atomic E-state index is -0.00643. The fourth-order valence-corrected chi connectivity index (χ4v) is 3.09. The first-order chi connectivity index (χ1) is 10.3. The Balaban J connectivity index is 1.64. The summed E-state index contributed by atoms with van der Waals surface area (Å²) >= 11 is 0. The third-order valence-corrected chi connectivity index (χ3v) is 4.16. The molecule has 0 spiro atoms. The van der Waals surface area contributed by atoms with Gasteiger partial charge < -0.3 is 10.6 Å². The summed E-state index contributed by atoms with van der Waals surface area (Å²) in [5.41, 5.74) is 5.25. The van der Waals surface area contributed by atoms with Crippen LogP contribution in [0.3, 0.4) is 0 Å². The van der Waals surface area contributed by atoms with E-state index in [0.717, 1.165) is 29.7 Å². The van der Waals surface area contributed by atoms with Gasteiger partial charge in [-0.2, -0.15) is 0 Å². The van der Waals surface area contributed by atoms with Crippen molar-refractivity contribution in [2.24, 2.45) is 0 Å². The summed E-state index contributed by atoms with van der Waals surface area (Å²) in [5.74, 6) is -0.00643. The second-order valence-electron chi connectivity index (χ2n) is 5.53. The minimum Gasteiger partial charge on any atom is -0.379 e. The first-order valence-corrected chi connectivity index (χ1v) is 7.28. The largest absolute Gasteiger partial charge is 0.379 e. The summed E-state index contributed by atoms with van der Waals surface area (Å²) < 4.78 is 0. The number of aryl methyl sites for hydroxylation is 1. The van der Waals surface area contributed by atoms with Gasteiger partial charge in [0.05, 0.1) is 0 Å². The van der Waals surface area contributed by atoms with Gasteiger partial charge in [0.15, 0.2) is 0 Å². The van der Waals surface area contributed by atoms with Crippen LogP contribution in [0.1, 0.15) is 27.9 Å². The van der Waals surface area contributed by atoms with Gasteiger partial charge in [-0.1, -0.05) is 36.4 Å². The predicted octanol–water partition coefficient (Wildman–Crippen LogP) is 3.20. The summed E-state index contributed by atoms with van der Waals surface area (Å²) in [6, 6.07) is 16.4. The van der Waals surface area contributed by atoms with Crippen molar-refractivity contribution in [3.63, 3.8) is 0 Å². The van der Waals surface area contributed by atoms with Crippen LogP contribution in [0.4, 0.5) is 5.69 Å². The van der Waals surface area contributed by atoms with Crippen LogP contribution in [0.15, 0.2) is 54.6 Å². The number of nitrogens with one attached hydrogen (secondary N) is 2. The second-order valence-corrected chi connectivity index (χ2v) is 5.53. The second kappa shape index (κ2) is 4.77. The van der Waals surface area contributed by atoms with Crippen molar-refractivity contribution in [2.45, 2.75) is 18.9 Å². The van der Waals surface area contributed by atoms with E-state index in [1.165, 1.54) is 11.3 Å². The number of carbonyl (C=O) groups excluding carboxylic acids is 1. The highest BCUT2D eigenvalue weighted by molar-refractivity contribution is 6.09. The highest BCUT2D eigenvalue weighted by atomic mass is 16.1. The van der Waals surface area contributed by atoms with Gasteiger partial charge in [0.1, 0.15) is 0 Å². The molecule has 1 unspecified atom stereocenters. The van der Waals surface area contributed by atoms with Crippen LogP contribution in [-0.2, 0) is 6.42 Å². The highest BCUT2D eigenvalue weighted by Gasteiger charge is 2.24. The van der Waals surface area contributed by atoms with Crippen LogP contribution in [0, 0.1) is 0 Å². The van der Waals surface area contributed by atoms with E-state index < -0.39 is 0 Å². The van der Waals surface area contributed by atoms with E-state index in [4.69, 9.17) is 0 Å². The molecule has 21 heavy (non-hydrogen) atoms. The van der Waals surface area contributed by atoms with Crippen molar-refractivity contribution in [3.8, 4) is 0 Å². The van der Waals surface area contributed by atoms with Crippen LogP contribution in [0.2, 0.25) is 0 Å². The van der Waals surface area contributed by atoms with Gasteiger partial charge in [0.2, 0.25) is 0 Å². The van der Waals surface area contributed by atoms with E-state index in [2.05, 4.69) is 34.9 Å². The number of amides is 1. The molecule has 2 aromatic rings. The van der Waals surface area contributed by atoms with Crippen molar-refractivity contribution in [2.75, 3.05) is 5.32 Å². The maximum atomic E-state index is 11.9. The maximum Gasteiger partial charge on any atom is 0.256 e. The molecule has 0 radical (unpaired) electrons. The molecule has 1 amide bonds. The molecule has 2 heterocycles. The lowest BCUT2D eigenvalue weighted by Gasteiger charge is -2.25. The van der Waals surface area contributed by atoms with E-state index in [-0.39, 0.29) is 11.9 Å². The third-order valence-electron chi connectivity index (χ3n) is 4.16. The van der Waals surface area contributed by atoms with Crippen LogP contribution in [0.25, 0.3) is 5.70 Å². The lowest BCUT2D eigenvalue weighted by molar-refractivity contribution is 0.0981. The molecule has 3 heteroatoms. The van der Waals surface area contributed by atoms with Crippen molar-refractivity contribution >= 4 is 17.3 Å². The number of anilines is 1. The van der Waals surface area contributed by atoms with Crippen molar-refractivity contribution in [3.05, 3.63) is 71.3 Å². The van der Waals surface area contributed by atoms with Gasteiger partial charge >= 0.3 is 0 Å². The lowest BCUT2D eigenvalue weighted by atomic mass is 9.96. The number of hydrogen-bond donors (Lipinski definition) is 2. The van der Waals surface area contributed by atoms with Crippen molar-refractivity contribution in [1.82, 2.24) is 5.32 Å². The fourth-order valence-electron chi connectivity index (χ4n) is 3.09. The summed E-state index contributed by atoms with van der Waals surface area (Å²) in [6.07, 6.45) is 4.24. The molecule has 0 saturated carbocycles. The standard InChI is InChI=1S/C18H16N2O/c21-18-15-7-3-2-6-14(15)17(20-18)11-13-10-9-12-5-1-4-8-16(12)19-13/h1-8,11,13,19H,9-10H2,(H,20,21). The first kappa shape index (κ1) is 12.2. The molecule has 0 fully saturated rings. The SMILES string of the molecule is O=C1NC(=CC2CCc3ccccc3N2)c2ccccc21. The number of benzene rings is 2. The van der Waals surface area contributed by atoms with E-state index >= 15 is 0 Å². The summed E-state index contributed by atoms with van der Waals surface area (Å²) in [6.45, 7) is 0. The average molecular weight is 276 g/mol. The molecule has 0 bridgehead atoms. The third kappa shape index (κ3) is 2.11. The Labute approximate surface area is 123 Å². The van der Waals surface area contributed by atoms with E-state index in [0.29, 0.717) is 0 Å². The Morgan fingerprint density at radius 2 is 1.76 bits per heavy atom. The molecule has 0 aromatic heterocycles. The number of rotatable bonds is 1. The zero-order chi connectivity index (χ0) is 14.2. The Morgan fingerprint density at radius 1 is 1.00 bits per heavy atom. The molecule has 2 aliphatic heterocycles. The van der Waals surface area contributed by atoms with Crippen LogP contribution < -0.4 is 10.6 Å². The number of carbonyl (C=O) groups is 1. The number of hydrogen-bond acceptors (Lipinski definition) is 2. The van der Waals surface area contributed by atoms with E-state index in [1.54, 1.807) is 0 Å². The van der Waals surface area contributed by atoms with Gasteiger partial charge in [-0.25, -0.2) is 0 Å². The Kier molecular flexibility index (Phi) is 2.78. The van der Waals surface area contributed by atoms with E-state index in [9.17, 15) is 4.79 Å². The zero-order valence-corrected chi connectivity index (χ0v) is 11.6. The molecule has 1 atom stereocenters. The summed E-state index contributed by atoms with van der Waals surface area (Å²) in [7, 11) is 0. The molecular formula is C18H16N2O. The molecule has 2 aliphatic rings. The van der Waals surface area contributed by atoms with Gasteiger partial charge in [-0.15, -0.1) is 0 Å². The molecule has 2 aromatic carbocycles. The molecule has 0 aliphatic carbocycles. The molecule has 4 rings (SSSR count). The summed E-state index contributed by atoms with van der Waals surface area (Å²) in [4.78, 5) is 11.9. The smallest absolute Gasteiger partial charge is 0.256 e. The molecule has 3 nitrogen and oxygen atoms in total. The Bertz CT molecular complexity index is 748. The van der Waals surface area contributed by atoms with Gasteiger partial charge in [0.25, 0.3) is 5.91 Å². The van der Waals surface area contributed by atoms with Crippen molar-refractivity contribution in [1.29, 1.82) is 0 Å². The van der Waals surface area contributed by atoms with Crippen LogP contribution in [-0.4, -0.2) is 11.9 Å². The number of fused-ring (bicyclic) bond motifs is 2. The Morgan fingerprint density at radius 3 is 2.67 bits per heavy atom.